The second-order valence-electron chi connectivity index (χ2n) is 7.62. The van der Waals surface area contributed by atoms with Crippen molar-refractivity contribution in [2.24, 2.45) is 11.8 Å². The molecule has 2 aliphatic carbocycles. The van der Waals surface area contributed by atoms with Crippen molar-refractivity contribution in [3.8, 4) is 0 Å². The van der Waals surface area contributed by atoms with Crippen molar-refractivity contribution in [1.82, 2.24) is 15.1 Å². The molecule has 0 spiro atoms. The van der Waals surface area contributed by atoms with Gasteiger partial charge in [-0.3, -0.25) is 14.5 Å². The van der Waals surface area contributed by atoms with E-state index in [-0.39, 0.29) is 17.7 Å². The second kappa shape index (κ2) is 5.84. The van der Waals surface area contributed by atoms with E-state index in [9.17, 15) is 9.59 Å². The van der Waals surface area contributed by atoms with E-state index in [4.69, 9.17) is 0 Å². The normalized spacial score (nSPS) is 33.0. The predicted molar refractivity (Wildman–Crippen MR) is 83.2 cm³/mol. The van der Waals surface area contributed by atoms with Crippen LogP contribution in [0.1, 0.15) is 44.9 Å². The number of hydrogen-bond acceptors (Lipinski definition) is 3. The van der Waals surface area contributed by atoms with Crippen molar-refractivity contribution in [2.45, 2.75) is 57.0 Å². The number of carbonyl (C=O) groups excluding carboxylic acids is 2. The van der Waals surface area contributed by atoms with E-state index in [1.807, 2.05) is 4.90 Å². The number of nitrogens with zero attached hydrogens (tertiary/aromatic N) is 2. The monoisotopic (exact) mass is 305 g/mol. The van der Waals surface area contributed by atoms with Gasteiger partial charge in [0.1, 0.15) is 0 Å². The first-order chi connectivity index (χ1) is 10.7. The topological polar surface area (TPSA) is 52.7 Å². The fourth-order valence-electron chi connectivity index (χ4n) is 3.98. The minimum atomic E-state index is 0.00595. The predicted octanol–water partition coefficient (Wildman–Crippen LogP) is 0.988. The molecule has 2 heterocycles. The molecule has 0 aromatic heterocycles. The lowest BCUT2D eigenvalue weighted by Crippen LogP contribution is -2.48. The van der Waals surface area contributed by atoms with Gasteiger partial charge in [-0.1, -0.05) is 0 Å². The SMILES string of the molecule is O=C(N[C@@H]1CCN(C2CC2)C1)[C@H]1CCCN(C(=O)C2CC2)C1. The molecule has 0 radical (unpaired) electrons. The summed E-state index contributed by atoms with van der Waals surface area (Å²) in [6, 6.07) is 1.12. The summed E-state index contributed by atoms with van der Waals surface area (Å²) >= 11 is 0. The summed E-state index contributed by atoms with van der Waals surface area (Å²) in [5.74, 6) is 0.740. The number of rotatable bonds is 4. The molecule has 0 bridgehead atoms. The lowest BCUT2D eigenvalue weighted by Gasteiger charge is -2.32. The largest absolute Gasteiger partial charge is 0.352 e. The molecule has 0 unspecified atom stereocenters. The van der Waals surface area contributed by atoms with E-state index in [1.54, 1.807) is 0 Å². The Morgan fingerprint density at radius 3 is 2.41 bits per heavy atom. The van der Waals surface area contributed by atoms with Crippen molar-refractivity contribution < 1.29 is 9.59 Å². The van der Waals surface area contributed by atoms with E-state index < -0.39 is 0 Å². The van der Waals surface area contributed by atoms with E-state index in [0.29, 0.717) is 18.5 Å². The number of hydrogen-bond donors (Lipinski definition) is 1. The summed E-state index contributed by atoms with van der Waals surface area (Å²) in [5, 5.41) is 3.25. The van der Waals surface area contributed by atoms with Gasteiger partial charge in [-0.05, 0) is 44.9 Å². The summed E-state index contributed by atoms with van der Waals surface area (Å²) < 4.78 is 0. The third kappa shape index (κ3) is 3.14. The van der Waals surface area contributed by atoms with Crippen LogP contribution in [0.5, 0.6) is 0 Å². The average molecular weight is 305 g/mol. The highest BCUT2D eigenvalue weighted by atomic mass is 16.2. The Hall–Kier alpha value is -1.10. The van der Waals surface area contributed by atoms with Crippen molar-refractivity contribution in [3.05, 3.63) is 0 Å². The molecule has 2 amide bonds. The van der Waals surface area contributed by atoms with Crippen molar-refractivity contribution in [2.75, 3.05) is 26.2 Å². The lowest BCUT2D eigenvalue weighted by molar-refractivity contribution is -0.137. The molecule has 122 valence electrons. The third-order valence-electron chi connectivity index (χ3n) is 5.66. The lowest BCUT2D eigenvalue weighted by atomic mass is 9.96. The number of carbonyl (C=O) groups is 2. The number of piperidine rings is 1. The highest BCUT2D eigenvalue weighted by Gasteiger charge is 2.38. The quantitative estimate of drug-likeness (QED) is 0.843. The van der Waals surface area contributed by atoms with Gasteiger partial charge in [-0.2, -0.15) is 0 Å². The number of amides is 2. The molecule has 2 saturated carbocycles. The van der Waals surface area contributed by atoms with E-state index >= 15 is 0 Å². The summed E-state index contributed by atoms with van der Waals surface area (Å²) in [5.41, 5.74) is 0. The Balaban J connectivity index is 1.27. The Kier molecular flexibility index (Phi) is 3.84. The van der Waals surface area contributed by atoms with Crippen LogP contribution in [0.15, 0.2) is 0 Å². The van der Waals surface area contributed by atoms with Crippen LogP contribution in [0, 0.1) is 11.8 Å². The molecule has 1 N–H and O–H groups in total. The Labute approximate surface area is 132 Å². The van der Waals surface area contributed by atoms with Crippen molar-refractivity contribution >= 4 is 11.8 Å². The zero-order valence-electron chi connectivity index (χ0n) is 13.3. The van der Waals surface area contributed by atoms with E-state index in [0.717, 1.165) is 57.8 Å². The fraction of sp³-hybridized carbons (Fsp3) is 0.882. The maximum absolute atomic E-state index is 12.5. The minimum Gasteiger partial charge on any atom is -0.352 e. The first-order valence-corrected chi connectivity index (χ1v) is 9.04. The van der Waals surface area contributed by atoms with Gasteiger partial charge < -0.3 is 10.2 Å². The zero-order valence-corrected chi connectivity index (χ0v) is 13.3. The maximum atomic E-state index is 12.5. The highest BCUT2D eigenvalue weighted by Crippen LogP contribution is 2.33. The maximum Gasteiger partial charge on any atom is 0.225 e. The molecule has 4 aliphatic rings. The summed E-state index contributed by atoms with van der Waals surface area (Å²) in [6.45, 7) is 3.64. The van der Waals surface area contributed by atoms with Gasteiger partial charge >= 0.3 is 0 Å². The smallest absolute Gasteiger partial charge is 0.225 e. The second-order valence-corrected chi connectivity index (χ2v) is 7.62. The van der Waals surface area contributed by atoms with Gasteiger partial charge in [-0.15, -0.1) is 0 Å². The van der Waals surface area contributed by atoms with Crippen molar-refractivity contribution in [3.63, 3.8) is 0 Å². The standard InChI is InChI=1S/C17H27N3O2/c21-16(18-14-7-9-19(11-14)15-5-6-15)13-2-1-8-20(10-13)17(22)12-3-4-12/h12-15H,1-11H2,(H,18,21)/t13-,14+/m0/s1. The van der Waals surface area contributed by atoms with Crippen LogP contribution >= 0.6 is 0 Å². The van der Waals surface area contributed by atoms with Crippen LogP contribution in [-0.4, -0.2) is 59.9 Å². The highest BCUT2D eigenvalue weighted by molar-refractivity contribution is 5.83. The molecular formula is C17H27N3O2. The molecular weight excluding hydrogens is 278 g/mol. The summed E-state index contributed by atoms with van der Waals surface area (Å²) in [6.07, 6.45) is 7.74. The summed E-state index contributed by atoms with van der Waals surface area (Å²) in [7, 11) is 0. The van der Waals surface area contributed by atoms with Gasteiger partial charge in [-0.25, -0.2) is 0 Å². The van der Waals surface area contributed by atoms with Gasteiger partial charge in [0, 0.05) is 44.2 Å². The number of likely N-dealkylation sites (tertiary alicyclic amines) is 2. The molecule has 5 heteroatoms. The Morgan fingerprint density at radius 2 is 1.68 bits per heavy atom. The Morgan fingerprint density at radius 1 is 0.864 bits per heavy atom. The molecule has 2 atom stereocenters. The average Bonchev–Trinajstić information content (AvgIpc) is 3.45. The van der Waals surface area contributed by atoms with E-state index in [2.05, 4.69) is 10.2 Å². The van der Waals surface area contributed by atoms with Crippen LogP contribution in [0.4, 0.5) is 0 Å². The fourth-order valence-corrected chi connectivity index (χ4v) is 3.98. The first kappa shape index (κ1) is 14.5. The Bertz CT molecular complexity index is 459. The third-order valence-corrected chi connectivity index (χ3v) is 5.66. The van der Waals surface area contributed by atoms with Crippen LogP contribution in [-0.2, 0) is 9.59 Å². The molecule has 4 fully saturated rings. The van der Waals surface area contributed by atoms with Crippen LogP contribution < -0.4 is 5.32 Å². The minimum absolute atomic E-state index is 0.00595. The van der Waals surface area contributed by atoms with Crippen LogP contribution in [0.3, 0.4) is 0 Å². The zero-order chi connectivity index (χ0) is 15.1. The summed E-state index contributed by atoms with van der Waals surface area (Å²) in [4.78, 5) is 29.2. The number of nitrogens with one attached hydrogen (secondary N) is 1. The van der Waals surface area contributed by atoms with Crippen molar-refractivity contribution in [1.29, 1.82) is 0 Å². The molecule has 0 aromatic rings. The van der Waals surface area contributed by atoms with Crippen LogP contribution in [0.25, 0.3) is 0 Å². The molecule has 2 saturated heterocycles. The van der Waals surface area contributed by atoms with Gasteiger partial charge in [0.25, 0.3) is 0 Å². The molecule has 0 aromatic carbocycles. The van der Waals surface area contributed by atoms with E-state index in [1.165, 1.54) is 12.8 Å². The van der Waals surface area contributed by atoms with Crippen LogP contribution in [0.2, 0.25) is 0 Å². The molecule has 5 nitrogen and oxygen atoms in total. The molecule has 2 aliphatic heterocycles. The van der Waals surface area contributed by atoms with Gasteiger partial charge in [0.15, 0.2) is 0 Å². The molecule has 22 heavy (non-hydrogen) atoms. The molecule has 4 rings (SSSR count). The van der Waals surface area contributed by atoms with Gasteiger partial charge in [0.05, 0.1) is 5.92 Å². The van der Waals surface area contributed by atoms with Gasteiger partial charge in [0.2, 0.25) is 11.8 Å². The first-order valence-electron chi connectivity index (χ1n) is 9.04.